The molecule has 1 aromatic heterocycles. The van der Waals surface area contributed by atoms with Gasteiger partial charge >= 0.3 is 0 Å². The van der Waals surface area contributed by atoms with E-state index in [-0.39, 0.29) is 6.04 Å². The highest BCUT2D eigenvalue weighted by Crippen LogP contribution is 2.26. The molecule has 1 unspecified atom stereocenters. The maximum absolute atomic E-state index is 6.39. The topological polar surface area (TPSA) is 38.9 Å². The van der Waals surface area contributed by atoms with E-state index in [1.165, 1.54) is 11.1 Å². The molecule has 0 amide bonds. The van der Waals surface area contributed by atoms with Crippen LogP contribution in [0.1, 0.15) is 28.3 Å². The number of rotatable bonds is 5. The Labute approximate surface area is 141 Å². The molecular weight excluding hydrogens is 300 g/mol. The molecule has 23 heavy (non-hydrogen) atoms. The van der Waals surface area contributed by atoms with Crippen molar-refractivity contribution in [1.29, 1.82) is 0 Å². The second-order valence-corrected chi connectivity index (χ2v) is 6.54. The molecule has 1 heterocycles. The zero-order chi connectivity index (χ0) is 16.1. The van der Waals surface area contributed by atoms with Crippen molar-refractivity contribution in [3.05, 3.63) is 95.2 Å². The first-order valence-corrected chi connectivity index (χ1v) is 8.66. The van der Waals surface area contributed by atoms with Crippen molar-refractivity contribution in [3.63, 3.8) is 0 Å². The highest BCUT2D eigenvalue weighted by molar-refractivity contribution is 7.98. The summed E-state index contributed by atoms with van der Waals surface area (Å²) in [6, 6.07) is 22.6. The van der Waals surface area contributed by atoms with Gasteiger partial charge < -0.3 is 5.73 Å². The van der Waals surface area contributed by atoms with Crippen LogP contribution in [0.25, 0.3) is 0 Å². The Morgan fingerprint density at radius 2 is 1.65 bits per heavy atom. The number of nitrogens with zero attached hydrogens (tertiary/aromatic N) is 1. The van der Waals surface area contributed by atoms with Gasteiger partial charge in [0.2, 0.25) is 0 Å². The summed E-state index contributed by atoms with van der Waals surface area (Å²) in [4.78, 5) is 4.58. The van der Waals surface area contributed by atoms with Gasteiger partial charge in [0.05, 0.1) is 11.1 Å². The molecule has 2 aromatic carbocycles. The summed E-state index contributed by atoms with van der Waals surface area (Å²) >= 11 is 1.75. The molecule has 1 atom stereocenters. The van der Waals surface area contributed by atoms with Crippen molar-refractivity contribution in [2.45, 2.75) is 23.7 Å². The van der Waals surface area contributed by atoms with E-state index in [0.717, 1.165) is 21.9 Å². The minimum atomic E-state index is -0.128. The summed E-state index contributed by atoms with van der Waals surface area (Å²) in [7, 11) is 0. The SMILES string of the molecule is Cc1cc(SCc2ccccc2)ncc1C(N)c1ccccc1. The molecule has 3 heteroatoms. The first-order valence-electron chi connectivity index (χ1n) is 7.68. The van der Waals surface area contributed by atoms with Crippen LogP contribution in [0.2, 0.25) is 0 Å². The number of nitrogens with two attached hydrogens (primary N) is 1. The largest absolute Gasteiger partial charge is 0.320 e. The molecule has 0 radical (unpaired) electrons. The van der Waals surface area contributed by atoms with Crippen LogP contribution in [0.4, 0.5) is 0 Å². The standard InChI is InChI=1S/C20H20N2S/c1-15-12-19(23-14-16-8-4-2-5-9-16)22-13-18(15)20(21)17-10-6-3-7-11-17/h2-13,20H,14,21H2,1H3. The minimum Gasteiger partial charge on any atom is -0.320 e. The van der Waals surface area contributed by atoms with Crippen molar-refractivity contribution < 1.29 is 0 Å². The lowest BCUT2D eigenvalue weighted by atomic mass is 9.98. The van der Waals surface area contributed by atoms with Gasteiger partial charge in [-0.15, -0.1) is 11.8 Å². The maximum Gasteiger partial charge on any atom is 0.0965 e. The van der Waals surface area contributed by atoms with E-state index in [4.69, 9.17) is 5.73 Å². The van der Waals surface area contributed by atoms with Gasteiger partial charge in [0, 0.05) is 11.9 Å². The molecule has 0 bridgehead atoms. The molecular formula is C20H20N2S. The molecule has 0 aliphatic heterocycles. The highest BCUT2D eigenvalue weighted by atomic mass is 32.2. The average Bonchev–Trinajstić information content (AvgIpc) is 2.61. The third-order valence-corrected chi connectivity index (χ3v) is 4.85. The second-order valence-electron chi connectivity index (χ2n) is 5.54. The van der Waals surface area contributed by atoms with Crippen molar-refractivity contribution in [1.82, 2.24) is 4.98 Å². The first kappa shape index (κ1) is 15.8. The van der Waals surface area contributed by atoms with E-state index in [1.807, 2.05) is 30.5 Å². The van der Waals surface area contributed by atoms with Crippen LogP contribution in [0, 0.1) is 6.92 Å². The average molecular weight is 320 g/mol. The molecule has 0 aliphatic carbocycles. The quantitative estimate of drug-likeness (QED) is 0.691. The maximum atomic E-state index is 6.39. The van der Waals surface area contributed by atoms with E-state index < -0.39 is 0 Å². The predicted molar refractivity (Wildman–Crippen MR) is 97.4 cm³/mol. The lowest BCUT2D eigenvalue weighted by Crippen LogP contribution is -2.13. The molecule has 2 nitrogen and oxygen atoms in total. The number of pyridine rings is 1. The molecule has 0 saturated carbocycles. The van der Waals surface area contributed by atoms with E-state index in [0.29, 0.717) is 0 Å². The number of hydrogen-bond donors (Lipinski definition) is 1. The monoisotopic (exact) mass is 320 g/mol. The van der Waals surface area contributed by atoms with E-state index in [1.54, 1.807) is 11.8 Å². The normalized spacial score (nSPS) is 12.1. The zero-order valence-corrected chi connectivity index (χ0v) is 14.0. The van der Waals surface area contributed by atoms with Gasteiger partial charge in [-0.1, -0.05) is 60.7 Å². The van der Waals surface area contributed by atoms with Crippen molar-refractivity contribution in [2.75, 3.05) is 0 Å². The number of thioether (sulfide) groups is 1. The van der Waals surface area contributed by atoms with Gasteiger partial charge in [0.15, 0.2) is 0 Å². The van der Waals surface area contributed by atoms with Gasteiger partial charge in [-0.3, -0.25) is 0 Å². The highest BCUT2D eigenvalue weighted by Gasteiger charge is 2.12. The van der Waals surface area contributed by atoms with E-state index in [2.05, 4.69) is 54.4 Å². The van der Waals surface area contributed by atoms with Crippen molar-refractivity contribution in [2.24, 2.45) is 5.73 Å². The van der Waals surface area contributed by atoms with Crippen LogP contribution in [0.3, 0.4) is 0 Å². The molecule has 3 rings (SSSR count). The first-order chi connectivity index (χ1) is 11.2. The molecule has 3 aromatic rings. The Morgan fingerprint density at radius 3 is 2.30 bits per heavy atom. The number of benzene rings is 2. The third-order valence-electron chi connectivity index (χ3n) is 3.85. The van der Waals surface area contributed by atoms with Crippen LogP contribution < -0.4 is 5.73 Å². The second kappa shape index (κ2) is 7.44. The van der Waals surface area contributed by atoms with Gasteiger partial charge in [0.25, 0.3) is 0 Å². The number of hydrogen-bond acceptors (Lipinski definition) is 3. The van der Waals surface area contributed by atoms with Gasteiger partial charge in [-0.25, -0.2) is 4.98 Å². The molecule has 0 saturated heterocycles. The summed E-state index contributed by atoms with van der Waals surface area (Å²) < 4.78 is 0. The molecule has 0 aliphatic rings. The van der Waals surface area contributed by atoms with Gasteiger partial charge in [-0.05, 0) is 35.2 Å². The summed E-state index contributed by atoms with van der Waals surface area (Å²) in [5.74, 6) is 0.928. The van der Waals surface area contributed by atoms with Crippen LogP contribution in [-0.4, -0.2) is 4.98 Å². The summed E-state index contributed by atoms with van der Waals surface area (Å²) in [5.41, 5.74) is 11.1. The Bertz CT molecular complexity index is 757. The molecule has 116 valence electrons. The van der Waals surface area contributed by atoms with Crippen LogP contribution >= 0.6 is 11.8 Å². The predicted octanol–water partition coefficient (Wildman–Crippen LogP) is 4.73. The Balaban J connectivity index is 1.73. The third kappa shape index (κ3) is 4.01. The lowest BCUT2D eigenvalue weighted by molar-refractivity contribution is 0.843. The summed E-state index contributed by atoms with van der Waals surface area (Å²) in [6.07, 6.45) is 1.92. The van der Waals surface area contributed by atoms with E-state index in [9.17, 15) is 0 Å². The Morgan fingerprint density at radius 1 is 1.00 bits per heavy atom. The lowest BCUT2D eigenvalue weighted by Gasteiger charge is -2.15. The molecule has 0 spiro atoms. The number of aryl methyl sites for hydroxylation is 1. The fraction of sp³-hybridized carbons (Fsp3) is 0.150. The fourth-order valence-electron chi connectivity index (χ4n) is 2.52. The van der Waals surface area contributed by atoms with Crippen molar-refractivity contribution >= 4 is 11.8 Å². The molecule has 0 fully saturated rings. The Kier molecular flexibility index (Phi) is 5.11. The van der Waals surface area contributed by atoms with Gasteiger partial charge in [-0.2, -0.15) is 0 Å². The number of aromatic nitrogens is 1. The van der Waals surface area contributed by atoms with Gasteiger partial charge in [0.1, 0.15) is 0 Å². The van der Waals surface area contributed by atoms with Crippen molar-refractivity contribution in [3.8, 4) is 0 Å². The van der Waals surface area contributed by atoms with Crippen LogP contribution in [-0.2, 0) is 5.75 Å². The summed E-state index contributed by atoms with van der Waals surface area (Å²) in [6.45, 7) is 2.10. The Hall–Kier alpha value is -2.10. The van der Waals surface area contributed by atoms with Crippen LogP contribution in [0.15, 0.2) is 78.0 Å². The zero-order valence-electron chi connectivity index (χ0n) is 13.1. The molecule has 2 N–H and O–H groups in total. The van der Waals surface area contributed by atoms with E-state index >= 15 is 0 Å². The minimum absolute atomic E-state index is 0.128. The summed E-state index contributed by atoms with van der Waals surface area (Å²) in [5, 5.41) is 1.04. The smallest absolute Gasteiger partial charge is 0.0965 e. The fourth-order valence-corrected chi connectivity index (χ4v) is 3.41. The van der Waals surface area contributed by atoms with Crippen LogP contribution in [0.5, 0.6) is 0 Å².